The van der Waals surface area contributed by atoms with E-state index >= 15 is 0 Å². The van der Waals surface area contributed by atoms with Crippen molar-refractivity contribution in [1.29, 1.82) is 0 Å². The number of rotatable bonds is 5. The zero-order valence-corrected chi connectivity index (χ0v) is 13.2. The molecule has 2 aromatic rings. The largest absolute Gasteiger partial charge is 0.490 e. The van der Waals surface area contributed by atoms with E-state index in [1.165, 1.54) is 0 Å². The van der Waals surface area contributed by atoms with Gasteiger partial charge in [0.05, 0.1) is 12.2 Å². The molecule has 3 heteroatoms. The second-order valence-electron chi connectivity index (χ2n) is 5.92. The standard InChI is InChI=1S/C19H20O3/c1-12-4-6-15(7-5-12)19(20)18-14(3)8-13(2)9-17(18)22-11-16-10-21-16/h4-9,16H,10-11H2,1-3H3. The maximum atomic E-state index is 12.9. The molecule has 0 aliphatic carbocycles. The van der Waals surface area contributed by atoms with Gasteiger partial charge in [-0.15, -0.1) is 0 Å². The van der Waals surface area contributed by atoms with Crippen LogP contribution in [-0.2, 0) is 4.74 Å². The minimum Gasteiger partial charge on any atom is -0.490 e. The van der Waals surface area contributed by atoms with Crippen LogP contribution >= 0.6 is 0 Å². The molecular formula is C19H20O3. The van der Waals surface area contributed by atoms with E-state index in [1.54, 1.807) is 0 Å². The minimum absolute atomic E-state index is 0.00390. The Morgan fingerprint density at radius 1 is 1.14 bits per heavy atom. The number of ketones is 1. The molecule has 0 radical (unpaired) electrons. The third-order valence-corrected chi connectivity index (χ3v) is 3.81. The lowest BCUT2D eigenvalue weighted by molar-refractivity contribution is 0.103. The van der Waals surface area contributed by atoms with Gasteiger partial charge in [0.1, 0.15) is 18.5 Å². The van der Waals surface area contributed by atoms with Gasteiger partial charge in [-0.25, -0.2) is 0 Å². The van der Waals surface area contributed by atoms with Crippen molar-refractivity contribution < 1.29 is 14.3 Å². The highest BCUT2D eigenvalue weighted by atomic mass is 16.6. The summed E-state index contributed by atoms with van der Waals surface area (Å²) >= 11 is 0. The first-order valence-electron chi connectivity index (χ1n) is 7.51. The molecule has 1 saturated heterocycles. The lowest BCUT2D eigenvalue weighted by atomic mass is 9.96. The average molecular weight is 296 g/mol. The van der Waals surface area contributed by atoms with Crippen LogP contribution in [0.5, 0.6) is 5.75 Å². The minimum atomic E-state index is 0.00390. The van der Waals surface area contributed by atoms with Gasteiger partial charge in [0.25, 0.3) is 0 Å². The number of hydrogen-bond acceptors (Lipinski definition) is 3. The summed E-state index contributed by atoms with van der Waals surface area (Å²) in [7, 11) is 0. The molecule has 0 amide bonds. The molecule has 0 N–H and O–H groups in total. The smallest absolute Gasteiger partial charge is 0.197 e. The molecule has 0 bridgehead atoms. The number of ether oxygens (including phenoxy) is 2. The number of benzene rings is 2. The molecule has 3 nitrogen and oxygen atoms in total. The first-order chi connectivity index (χ1) is 10.5. The van der Waals surface area contributed by atoms with E-state index in [2.05, 4.69) is 0 Å². The van der Waals surface area contributed by atoms with Gasteiger partial charge in [-0.05, 0) is 38.0 Å². The first-order valence-corrected chi connectivity index (χ1v) is 7.51. The quantitative estimate of drug-likeness (QED) is 0.625. The van der Waals surface area contributed by atoms with Crippen molar-refractivity contribution >= 4 is 5.78 Å². The van der Waals surface area contributed by atoms with Crippen LogP contribution in [0.4, 0.5) is 0 Å². The lowest BCUT2D eigenvalue weighted by Gasteiger charge is -2.14. The highest BCUT2D eigenvalue weighted by molar-refractivity contribution is 6.11. The van der Waals surface area contributed by atoms with Crippen molar-refractivity contribution in [2.75, 3.05) is 13.2 Å². The normalized spacial score (nSPS) is 16.4. The number of carbonyl (C=O) groups excluding carboxylic acids is 1. The summed E-state index contributed by atoms with van der Waals surface area (Å²) in [5.41, 5.74) is 4.50. The highest BCUT2D eigenvalue weighted by Crippen LogP contribution is 2.28. The number of epoxide rings is 1. The Morgan fingerprint density at radius 3 is 2.45 bits per heavy atom. The van der Waals surface area contributed by atoms with Gasteiger partial charge in [0.15, 0.2) is 5.78 Å². The second-order valence-corrected chi connectivity index (χ2v) is 5.92. The van der Waals surface area contributed by atoms with Crippen LogP contribution in [0.25, 0.3) is 0 Å². The topological polar surface area (TPSA) is 38.8 Å². The van der Waals surface area contributed by atoms with E-state index in [4.69, 9.17) is 9.47 Å². The monoisotopic (exact) mass is 296 g/mol. The van der Waals surface area contributed by atoms with Crippen LogP contribution < -0.4 is 4.74 Å². The second kappa shape index (κ2) is 5.93. The number of hydrogen-bond donors (Lipinski definition) is 0. The summed E-state index contributed by atoms with van der Waals surface area (Å²) in [5.74, 6) is 0.655. The van der Waals surface area contributed by atoms with Gasteiger partial charge in [-0.2, -0.15) is 0 Å². The van der Waals surface area contributed by atoms with Crippen molar-refractivity contribution in [3.05, 3.63) is 64.2 Å². The molecule has 0 saturated carbocycles. The SMILES string of the molecule is Cc1ccc(C(=O)c2c(C)cc(C)cc2OCC2CO2)cc1. The van der Waals surface area contributed by atoms with Crippen molar-refractivity contribution in [3.63, 3.8) is 0 Å². The van der Waals surface area contributed by atoms with Gasteiger partial charge in [-0.3, -0.25) is 4.79 Å². The molecule has 3 rings (SSSR count). The van der Waals surface area contributed by atoms with Crippen molar-refractivity contribution in [1.82, 2.24) is 0 Å². The molecule has 1 unspecified atom stereocenters. The Hall–Kier alpha value is -2.13. The summed E-state index contributed by atoms with van der Waals surface area (Å²) in [6, 6.07) is 11.6. The Bertz CT molecular complexity index is 697. The third kappa shape index (κ3) is 3.20. The van der Waals surface area contributed by atoms with E-state index in [-0.39, 0.29) is 11.9 Å². The van der Waals surface area contributed by atoms with Crippen LogP contribution in [0.2, 0.25) is 0 Å². The van der Waals surface area contributed by atoms with Crippen LogP contribution in [0.15, 0.2) is 36.4 Å². The highest BCUT2D eigenvalue weighted by Gasteiger charge is 2.25. The summed E-state index contributed by atoms with van der Waals surface area (Å²) in [5, 5.41) is 0. The van der Waals surface area contributed by atoms with E-state index < -0.39 is 0 Å². The van der Waals surface area contributed by atoms with Gasteiger partial charge in [0.2, 0.25) is 0 Å². The fraction of sp³-hybridized carbons (Fsp3) is 0.316. The van der Waals surface area contributed by atoms with Gasteiger partial charge >= 0.3 is 0 Å². The molecule has 0 spiro atoms. The molecule has 2 aromatic carbocycles. The Morgan fingerprint density at radius 2 is 1.82 bits per heavy atom. The molecule has 114 valence electrons. The van der Waals surface area contributed by atoms with Crippen LogP contribution in [-0.4, -0.2) is 25.1 Å². The van der Waals surface area contributed by atoms with E-state index in [0.29, 0.717) is 23.5 Å². The predicted molar refractivity (Wildman–Crippen MR) is 85.8 cm³/mol. The molecule has 1 aliphatic rings. The summed E-state index contributed by atoms with van der Waals surface area (Å²) in [6.07, 6.45) is 0.170. The first kappa shape index (κ1) is 14.8. The van der Waals surface area contributed by atoms with Crippen molar-refractivity contribution in [2.45, 2.75) is 26.9 Å². The predicted octanol–water partition coefficient (Wildman–Crippen LogP) is 3.62. The summed E-state index contributed by atoms with van der Waals surface area (Å²) in [6.45, 7) is 7.21. The zero-order chi connectivity index (χ0) is 15.7. The Labute approximate surface area is 130 Å². The van der Waals surface area contributed by atoms with Crippen LogP contribution in [0.3, 0.4) is 0 Å². The van der Waals surface area contributed by atoms with Gasteiger partial charge < -0.3 is 9.47 Å². The van der Waals surface area contributed by atoms with Crippen LogP contribution in [0.1, 0.15) is 32.6 Å². The number of aryl methyl sites for hydroxylation is 3. The van der Waals surface area contributed by atoms with Crippen molar-refractivity contribution in [2.24, 2.45) is 0 Å². The Kier molecular flexibility index (Phi) is 3.99. The maximum Gasteiger partial charge on any atom is 0.197 e. The fourth-order valence-corrected chi connectivity index (χ4v) is 2.53. The fourth-order valence-electron chi connectivity index (χ4n) is 2.53. The third-order valence-electron chi connectivity index (χ3n) is 3.81. The average Bonchev–Trinajstić information content (AvgIpc) is 3.29. The molecule has 1 fully saturated rings. The van der Waals surface area contributed by atoms with E-state index in [9.17, 15) is 4.79 Å². The summed E-state index contributed by atoms with van der Waals surface area (Å²) < 4.78 is 11.0. The van der Waals surface area contributed by atoms with E-state index in [1.807, 2.05) is 57.2 Å². The maximum absolute atomic E-state index is 12.9. The van der Waals surface area contributed by atoms with E-state index in [0.717, 1.165) is 23.3 Å². The zero-order valence-electron chi connectivity index (χ0n) is 13.2. The molecular weight excluding hydrogens is 276 g/mol. The molecule has 1 aliphatic heterocycles. The Balaban J connectivity index is 1.96. The number of carbonyl (C=O) groups is 1. The molecule has 1 atom stereocenters. The molecule has 0 aromatic heterocycles. The lowest BCUT2D eigenvalue weighted by Crippen LogP contribution is -2.11. The molecule has 1 heterocycles. The van der Waals surface area contributed by atoms with Crippen LogP contribution in [0, 0.1) is 20.8 Å². The molecule has 22 heavy (non-hydrogen) atoms. The van der Waals surface area contributed by atoms with Crippen molar-refractivity contribution in [3.8, 4) is 5.75 Å². The van der Waals surface area contributed by atoms with Gasteiger partial charge in [-0.1, -0.05) is 35.9 Å². The van der Waals surface area contributed by atoms with Gasteiger partial charge in [0, 0.05) is 5.56 Å². The summed E-state index contributed by atoms with van der Waals surface area (Å²) in [4.78, 5) is 12.9.